The number of hydrogen-bond donors (Lipinski definition) is 2. The van der Waals surface area contributed by atoms with Gasteiger partial charge in [-0.25, -0.2) is 4.98 Å². The molecule has 0 aliphatic heterocycles. The Labute approximate surface area is 168 Å². The highest BCUT2D eigenvalue weighted by molar-refractivity contribution is 7.99. The van der Waals surface area contributed by atoms with Crippen LogP contribution in [-0.4, -0.2) is 31.8 Å². The molecule has 0 atom stereocenters. The van der Waals surface area contributed by atoms with E-state index in [0.29, 0.717) is 27.4 Å². The highest BCUT2D eigenvalue weighted by atomic mass is 35.5. The average molecular weight is 418 g/mol. The number of aromatic amines is 1. The molecule has 27 heavy (non-hydrogen) atoms. The summed E-state index contributed by atoms with van der Waals surface area (Å²) in [6.07, 6.45) is 0. The molecule has 2 aromatic heterocycles. The SMILES string of the molecule is O=C(CSc1nnc2c(n1)[nH]c1ccccc12)NCc1ccc(Cl)cc1Cl. The summed E-state index contributed by atoms with van der Waals surface area (Å²) in [5.41, 5.74) is 3.13. The molecule has 2 aromatic carbocycles. The first-order chi connectivity index (χ1) is 13.1. The number of carbonyl (C=O) groups excluding carboxylic acids is 1. The molecule has 136 valence electrons. The van der Waals surface area contributed by atoms with E-state index in [1.54, 1.807) is 18.2 Å². The molecule has 0 saturated carbocycles. The van der Waals surface area contributed by atoms with E-state index < -0.39 is 0 Å². The zero-order valence-electron chi connectivity index (χ0n) is 13.9. The maximum absolute atomic E-state index is 12.1. The first kappa shape index (κ1) is 18.0. The van der Waals surface area contributed by atoms with Crippen LogP contribution in [0.3, 0.4) is 0 Å². The molecule has 9 heteroatoms. The van der Waals surface area contributed by atoms with Crippen molar-refractivity contribution in [2.45, 2.75) is 11.7 Å². The highest BCUT2D eigenvalue weighted by Gasteiger charge is 2.11. The van der Waals surface area contributed by atoms with Crippen molar-refractivity contribution in [3.8, 4) is 0 Å². The van der Waals surface area contributed by atoms with E-state index in [1.807, 2.05) is 24.3 Å². The first-order valence-corrected chi connectivity index (χ1v) is 9.79. The minimum atomic E-state index is -0.147. The maximum atomic E-state index is 12.1. The minimum Gasteiger partial charge on any atom is -0.351 e. The lowest BCUT2D eigenvalue weighted by Crippen LogP contribution is -2.24. The Morgan fingerprint density at radius 1 is 1.15 bits per heavy atom. The number of amides is 1. The highest BCUT2D eigenvalue weighted by Crippen LogP contribution is 2.23. The molecule has 0 radical (unpaired) electrons. The van der Waals surface area contributed by atoms with Crippen molar-refractivity contribution < 1.29 is 4.79 Å². The number of nitrogens with zero attached hydrogens (tertiary/aromatic N) is 3. The third kappa shape index (κ3) is 4.00. The van der Waals surface area contributed by atoms with Gasteiger partial charge in [-0.1, -0.05) is 59.2 Å². The van der Waals surface area contributed by atoms with Gasteiger partial charge in [0.1, 0.15) is 5.52 Å². The standard InChI is InChI=1S/C18H13Cl2N5OS/c19-11-6-5-10(13(20)7-11)8-21-15(26)9-27-18-23-17-16(24-25-18)12-3-1-2-4-14(12)22-17/h1-7H,8-9H2,(H,21,26)(H,22,23,25). The Hall–Kier alpha value is -2.35. The molecule has 4 rings (SSSR count). The van der Waals surface area contributed by atoms with Crippen molar-refractivity contribution in [2.75, 3.05) is 5.75 Å². The number of nitrogens with one attached hydrogen (secondary N) is 2. The fourth-order valence-electron chi connectivity index (χ4n) is 2.61. The molecule has 4 aromatic rings. The summed E-state index contributed by atoms with van der Waals surface area (Å²) in [7, 11) is 0. The largest absolute Gasteiger partial charge is 0.351 e. The van der Waals surface area contributed by atoms with Crippen LogP contribution in [0, 0.1) is 0 Å². The van der Waals surface area contributed by atoms with E-state index in [9.17, 15) is 4.79 Å². The second-order valence-electron chi connectivity index (χ2n) is 5.76. The van der Waals surface area contributed by atoms with Gasteiger partial charge in [0.2, 0.25) is 11.1 Å². The molecule has 0 fully saturated rings. The summed E-state index contributed by atoms with van der Waals surface area (Å²) in [6, 6.07) is 13.0. The minimum absolute atomic E-state index is 0.147. The van der Waals surface area contributed by atoms with Crippen molar-refractivity contribution in [2.24, 2.45) is 0 Å². The van der Waals surface area contributed by atoms with E-state index in [2.05, 4.69) is 25.5 Å². The number of fused-ring (bicyclic) bond motifs is 3. The Balaban J connectivity index is 1.39. The fourth-order valence-corrected chi connectivity index (χ4v) is 3.70. The monoisotopic (exact) mass is 417 g/mol. The van der Waals surface area contributed by atoms with Gasteiger partial charge in [0.25, 0.3) is 0 Å². The number of para-hydroxylation sites is 1. The van der Waals surface area contributed by atoms with Gasteiger partial charge in [0, 0.05) is 27.5 Å². The Kier molecular flexibility index (Phi) is 5.15. The van der Waals surface area contributed by atoms with Gasteiger partial charge in [0.15, 0.2) is 5.65 Å². The van der Waals surface area contributed by atoms with Crippen LogP contribution in [-0.2, 0) is 11.3 Å². The second kappa shape index (κ2) is 7.72. The number of benzene rings is 2. The first-order valence-electron chi connectivity index (χ1n) is 8.05. The zero-order chi connectivity index (χ0) is 18.8. The predicted molar refractivity (Wildman–Crippen MR) is 108 cm³/mol. The molecular weight excluding hydrogens is 405 g/mol. The van der Waals surface area contributed by atoms with Crippen molar-refractivity contribution in [3.63, 3.8) is 0 Å². The third-order valence-corrected chi connectivity index (χ3v) is 5.35. The molecule has 0 aliphatic rings. The molecule has 2 heterocycles. The molecule has 0 spiro atoms. The molecule has 0 bridgehead atoms. The lowest BCUT2D eigenvalue weighted by Gasteiger charge is -2.07. The van der Waals surface area contributed by atoms with Gasteiger partial charge in [-0.05, 0) is 23.8 Å². The number of hydrogen-bond acceptors (Lipinski definition) is 5. The maximum Gasteiger partial charge on any atom is 0.230 e. The smallest absolute Gasteiger partial charge is 0.230 e. The van der Waals surface area contributed by atoms with Crippen LogP contribution in [0.4, 0.5) is 0 Å². The Morgan fingerprint density at radius 2 is 2.00 bits per heavy atom. The summed E-state index contributed by atoms with van der Waals surface area (Å²) < 4.78 is 0. The molecule has 6 nitrogen and oxygen atoms in total. The van der Waals surface area contributed by atoms with E-state index in [-0.39, 0.29) is 11.7 Å². The molecular formula is C18H13Cl2N5OS. The number of aromatic nitrogens is 4. The van der Waals surface area contributed by atoms with Crippen molar-refractivity contribution in [3.05, 3.63) is 58.1 Å². The molecule has 0 saturated heterocycles. The topological polar surface area (TPSA) is 83.6 Å². The molecule has 0 aliphatic carbocycles. The summed E-state index contributed by atoms with van der Waals surface area (Å²) in [6.45, 7) is 0.329. The Morgan fingerprint density at radius 3 is 2.85 bits per heavy atom. The van der Waals surface area contributed by atoms with Crippen LogP contribution in [0.5, 0.6) is 0 Å². The summed E-state index contributed by atoms with van der Waals surface area (Å²) in [5, 5.41) is 13.7. The average Bonchev–Trinajstić information content (AvgIpc) is 3.03. The van der Waals surface area contributed by atoms with E-state index in [1.165, 1.54) is 11.8 Å². The normalized spacial score (nSPS) is 11.2. The van der Waals surface area contributed by atoms with Crippen LogP contribution in [0.1, 0.15) is 5.56 Å². The quantitative estimate of drug-likeness (QED) is 0.474. The summed E-state index contributed by atoms with van der Waals surface area (Å²) >= 11 is 13.2. The number of H-pyrrole nitrogens is 1. The summed E-state index contributed by atoms with van der Waals surface area (Å²) in [4.78, 5) is 19.7. The second-order valence-corrected chi connectivity index (χ2v) is 7.55. The molecule has 1 amide bonds. The lowest BCUT2D eigenvalue weighted by atomic mass is 10.2. The van der Waals surface area contributed by atoms with Gasteiger partial charge in [0.05, 0.1) is 5.75 Å². The van der Waals surface area contributed by atoms with Gasteiger partial charge in [-0.2, -0.15) is 0 Å². The van der Waals surface area contributed by atoms with Crippen molar-refractivity contribution in [1.29, 1.82) is 0 Å². The lowest BCUT2D eigenvalue weighted by molar-refractivity contribution is -0.118. The number of thioether (sulfide) groups is 1. The molecule has 0 unspecified atom stereocenters. The zero-order valence-corrected chi connectivity index (χ0v) is 16.2. The number of halogens is 2. The van der Waals surface area contributed by atoms with Gasteiger partial charge >= 0.3 is 0 Å². The van der Waals surface area contributed by atoms with Crippen molar-refractivity contribution >= 4 is 62.9 Å². The fraction of sp³-hybridized carbons (Fsp3) is 0.111. The van der Waals surface area contributed by atoms with E-state index >= 15 is 0 Å². The van der Waals surface area contributed by atoms with Crippen LogP contribution < -0.4 is 5.32 Å². The van der Waals surface area contributed by atoms with Crippen molar-refractivity contribution in [1.82, 2.24) is 25.5 Å². The molecule has 2 N–H and O–H groups in total. The Bertz CT molecular complexity index is 1150. The number of rotatable bonds is 5. The van der Waals surface area contributed by atoms with Crippen LogP contribution in [0.2, 0.25) is 10.0 Å². The van der Waals surface area contributed by atoms with Crippen LogP contribution in [0.25, 0.3) is 22.1 Å². The third-order valence-electron chi connectivity index (χ3n) is 3.93. The van der Waals surface area contributed by atoms with E-state index in [0.717, 1.165) is 22.0 Å². The van der Waals surface area contributed by atoms with E-state index in [4.69, 9.17) is 23.2 Å². The number of carbonyl (C=O) groups is 1. The van der Waals surface area contributed by atoms with Gasteiger partial charge < -0.3 is 10.3 Å². The van der Waals surface area contributed by atoms with Gasteiger partial charge in [-0.3, -0.25) is 4.79 Å². The van der Waals surface area contributed by atoms with Crippen LogP contribution >= 0.6 is 35.0 Å². The van der Waals surface area contributed by atoms with Gasteiger partial charge in [-0.15, -0.1) is 10.2 Å². The van der Waals surface area contributed by atoms with Crippen LogP contribution in [0.15, 0.2) is 47.6 Å². The summed E-state index contributed by atoms with van der Waals surface area (Å²) in [5.74, 6) is 0.0323. The predicted octanol–water partition coefficient (Wildman–Crippen LogP) is 4.22.